The fraction of sp³-hybridized carbons (Fsp3) is 0.524. The first kappa shape index (κ1) is 18.3. The fourth-order valence-corrected chi connectivity index (χ4v) is 4.02. The van der Waals surface area contributed by atoms with Gasteiger partial charge in [-0.2, -0.15) is 0 Å². The quantitative estimate of drug-likeness (QED) is 0.812. The van der Waals surface area contributed by atoms with E-state index in [0.717, 1.165) is 24.0 Å². The summed E-state index contributed by atoms with van der Waals surface area (Å²) in [5, 5.41) is 0.982. The maximum atomic E-state index is 13.3. The number of fused-ring (bicyclic) bond motifs is 1. The van der Waals surface area contributed by atoms with Gasteiger partial charge in [-0.3, -0.25) is 14.7 Å². The number of pyridine rings is 1. The van der Waals surface area contributed by atoms with Gasteiger partial charge in [0.2, 0.25) is 0 Å². The molecule has 27 heavy (non-hydrogen) atoms. The number of amides is 1. The molecular formula is C21H27N3O3. The first-order valence-electron chi connectivity index (χ1n) is 9.67. The van der Waals surface area contributed by atoms with Gasteiger partial charge in [-0.15, -0.1) is 0 Å². The zero-order valence-corrected chi connectivity index (χ0v) is 16.1. The van der Waals surface area contributed by atoms with Gasteiger partial charge < -0.3 is 14.4 Å². The number of carbonyl (C=O) groups excluding carboxylic acids is 1. The highest BCUT2D eigenvalue weighted by atomic mass is 16.5. The maximum absolute atomic E-state index is 13.3. The molecular weight excluding hydrogens is 342 g/mol. The van der Waals surface area contributed by atoms with Gasteiger partial charge in [0.25, 0.3) is 5.91 Å². The minimum Gasteiger partial charge on any atom is -0.377 e. The molecule has 1 atom stereocenters. The van der Waals surface area contributed by atoms with Crippen LogP contribution in [0.25, 0.3) is 10.9 Å². The SMILES string of the molecule is CC(C)N1CCOCC2(CN(C(=O)c3cccc4cccnc34)CCO2)C1. The van der Waals surface area contributed by atoms with Crippen molar-refractivity contribution in [2.45, 2.75) is 25.5 Å². The highest BCUT2D eigenvalue weighted by Crippen LogP contribution is 2.26. The van der Waals surface area contributed by atoms with Crippen molar-refractivity contribution in [3.8, 4) is 0 Å². The second-order valence-electron chi connectivity index (χ2n) is 7.76. The number of hydrogen-bond acceptors (Lipinski definition) is 5. The van der Waals surface area contributed by atoms with Crippen LogP contribution in [0.15, 0.2) is 36.5 Å². The molecule has 3 heterocycles. The molecule has 2 aromatic rings. The number of para-hydroxylation sites is 1. The lowest BCUT2D eigenvalue weighted by atomic mass is 10.00. The van der Waals surface area contributed by atoms with E-state index in [4.69, 9.17) is 9.47 Å². The van der Waals surface area contributed by atoms with Gasteiger partial charge in [0, 0.05) is 37.3 Å². The van der Waals surface area contributed by atoms with Gasteiger partial charge in [0.1, 0.15) is 5.60 Å². The average Bonchev–Trinajstić information content (AvgIpc) is 2.90. The lowest BCUT2D eigenvalue weighted by Gasteiger charge is -2.44. The summed E-state index contributed by atoms with van der Waals surface area (Å²) < 4.78 is 12.0. The standard InChI is InChI=1S/C21H27N3O3/c1-16(2)23-9-11-26-15-21(13-23)14-24(10-12-27-21)20(25)18-7-3-5-17-6-4-8-22-19(17)18/h3-8,16H,9-15H2,1-2H3. The molecule has 144 valence electrons. The summed E-state index contributed by atoms with van der Waals surface area (Å²) in [7, 11) is 0. The van der Waals surface area contributed by atoms with Crippen LogP contribution in [-0.2, 0) is 9.47 Å². The van der Waals surface area contributed by atoms with Gasteiger partial charge in [0.05, 0.1) is 37.4 Å². The molecule has 2 aliphatic rings. The smallest absolute Gasteiger partial charge is 0.256 e. The molecule has 2 fully saturated rings. The van der Waals surface area contributed by atoms with E-state index in [1.54, 1.807) is 6.20 Å². The van der Waals surface area contributed by atoms with Gasteiger partial charge >= 0.3 is 0 Å². The van der Waals surface area contributed by atoms with Crippen LogP contribution in [0.4, 0.5) is 0 Å². The van der Waals surface area contributed by atoms with E-state index in [2.05, 4.69) is 23.7 Å². The van der Waals surface area contributed by atoms with Gasteiger partial charge in [-0.25, -0.2) is 0 Å². The number of ether oxygens (including phenoxy) is 2. The fourth-order valence-electron chi connectivity index (χ4n) is 4.02. The third kappa shape index (κ3) is 3.70. The minimum absolute atomic E-state index is 0.0160. The summed E-state index contributed by atoms with van der Waals surface area (Å²) in [5.74, 6) is 0.0160. The Balaban J connectivity index is 1.59. The Hall–Kier alpha value is -2.02. The van der Waals surface area contributed by atoms with Crippen LogP contribution < -0.4 is 0 Å². The van der Waals surface area contributed by atoms with Crippen molar-refractivity contribution in [3.05, 3.63) is 42.1 Å². The lowest BCUT2D eigenvalue weighted by molar-refractivity contribution is -0.134. The molecule has 0 saturated carbocycles. The number of rotatable bonds is 2. The molecule has 2 saturated heterocycles. The predicted molar refractivity (Wildman–Crippen MR) is 104 cm³/mol. The number of nitrogens with zero attached hydrogens (tertiary/aromatic N) is 3. The lowest BCUT2D eigenvalue weighted by Crippen LogP contribution is -2.60. The van der Waals surface area contributed by atoms with E-state index in [0.29, 0.717) is 44.5 Å². The summed E-state index contributed by atoms with van der Waals surface area (Å²) >= 11 is 0. The van der Waals surface area contributed by atoms with Crippen LogP contribution in [-0.4, -0.2) is 78.3 Å². The Morgan fingerprint density at radius 3 is 2.85 bits per heavy atom. The first-order chi connectivity index (χ1) is 13.1. The maximum Gasteiger partial charge on any atom is 0.256 e. The van der Waals surface area contributed by atoms with E-state index in [1.165, 1.54) is 0 Å². The van der Waals surface area contributed by atoms with Crippen LogP contribution in [0.1, 0.15) is 24.2 Å². The molecule has 6 nitrogen and oxygen atoms in total. The van der Waals surface area contributed by atoms with E-state index in [9.17, 15) is 4.79 Å². The number of morpholine rings is 1. The Morgan fingerprint density at radius 1 is 1.15 bits per heavy atom. The van der Waals surface area contributed by atoms with Crippen LogP contribution in [0.2, 0.25) is 0 Å². The first-order valence-corrected chi connectivity index (χ1v) is 9.67. The van der Waals surface area contributed by atoms with Crippen molar-refractivity contribution < 1.29 is 14.3 Å². The minimum atomic E-state index is -0.466. The highest BCUT2D eigenvalue weighted by Gasteiger charge is 2.42. The molecule has 1 unspecified atom stereocenters. The molecule has 4 rings (SSSR count). The molecule has 1 spiro atoms. The van der Waals surface area contributed by atoms with Crippen molar-refractivity contribution >= 4 is 16.8 Å². The number of aromatic nitrogens is 1. The Bertz CT molecular complexity index is 820. The second-order valence-corrected chi connectivity index (χ2v) is 7.76. The summed E-state index contributed by atoms with van der Waals surface area (Å²) in [6.45, 7) is 8.92. The van der Waals surface area contributed by atoms with Crippen molar-refractivity contribution in [1.82, 2.24) is 14.8 Å². The molecule has 2 aliphatic heterocycles. The largest absolute Gasteiger partial charge is 0.377 e. The van der Waals surface area contributed by atoms with Gasteiger partial charge in [-0.05, 0) is 26.0 Å². The zero-order valence-electron chi connectivity index (χ0n) is 16.1. The summed E-state index contributed by atoms with van der Waals surface area (Å²) in [4.78, 5) is 22.0. The second kappa shape index (κ2) is 7.54. The predicted octanol–water partition coefficient (Wildman–Crippen LogP) is 2.19. The molecule has 1 aromatic heterocycles. The number of carbonyl (C=O) groups is 1. The monoisotopic (exact) mass is 369 g/mol. The molecule has 0 bridgehead atoms. The number of hydrogen-bond donors (Lipinski definition) is 0. The topological polar surface area (TPSA) is 54.9 Å². The zero-order chi connectivity index (χ0) is 18.9. The van der Waals surface area contributed by atoms with Crippen LogP contribution >= 0.6 is 0 Å². The number of benzene rings is 1. The molecule has 0 aliphatic carbocycles. The van der Waals surface area contributed by atoms with Crippen molar-refractivity contribution in [2.75, 3.05) is 46.0 Å². The van der Waals surface area contributed by atoms with Gasteiger partial charge in [0.15, 0.2) is 0 Å². The normalized spacial score (nSPS) is 24.5. The van der Waals surface area contributed by atoms with E-state index in [-0.39, 0.29) is 5.91 Å². The average molecular weight is 369 g/mol. The Labute approximate surface area is 160 Å². The van der Waals surface area contributed by atoms with E-state index in [1.807, 2.05) is 35.2 Å². The Kier molecular flexibility index (Phi) is 5.12. The van der Waals surface area contributed by atoms with Crippen LogP contribution in [0.3, 0.4) is 0 Å². The molecule has 0 radical (unpaired) electrons. The molecule has 6 heteroatoms. The van der Waals surface area contributed by atoms with Crippen LogP contribution in [0, 0.1) is 0 Å². The van der Waals surface area contributed by atoms with Crippen LogP contribution in [0.5, 0.6) is 0 Å². The van der Waals surface area contributed by atoms with Gasteiger partial charge in [-0.1, -0.05) is 18.2 Å². The van der Waals surface area contributed by atoms with Crippen molar-refractivity contribution in [1.29, 1.82) is 0 Å². The molecule has 1 aromatic carbocycles. The highest BCUT2D eigenvalue weighted by molar-refractivity contribution is 6.05. The Morgan fingerprint density at radius 2 is 2.00 bits per heavy atom. The molecule has 1 amide bonds. The summed E-state index contributed by atoms with van der Waals surface area (Å²) in [6.07, 6.45) is 1.74. The molecule has 0 N–H and O–H groups in total. The third-order valence-electron chi connectivity index (χ3n) is 5.51. The van der Waals surface area contributed by atoms with E-state index >= 15 is 0 Å². The third-order valence-corrected chi connectivity index (χ3v) is 5.51. The summed E-state index contributed by atoms with van der Waals surface area (Å²) in [5.41, 5.74) is 0.944. The van der Waals surface area contributed by atoms with Crippen molar-refractivity contribution in [2.24, 2.45) is 0 Å². The van der Waals surface area contributed by atoms with Crippen molar-refractivity contribution in [3.63, 3.8) is 0 Å². The van der Waals surface area contributed by atoms with E-state index < -0.39 is 5.60 Å². The summed E-state index contributed by atoms with van der Waals surface area (Å²) in [6, 6.07) is 10.1.